The first-order valence-electron chi connectivity index (χ1n) is 12.3. The third kappa shape index (κ3) is 5.47. The third-order valence-electron chi connectivity index (χ3n) is 8.28. The summed E-state index contributed by atoms with van der Waals surface area (Å²) >= 11 is 0. The molecule has 0 bridgehead atoms. The largest absolute Gasteiger partial charge is 0.355 e. The topological polar surface area (TPSA) is 32.3 Å². The molecule has 5 heteroatoms. The number of carbonyl (C=O) groups is 1. The molecule has 0 radical (unpaired) electrons. The van der Waals surface area contributed by atoms with Gasteiger partial charge in [0.05, 0.1) is 0 Å². The first kappa shape index (κ1) is 22.7. The molecule has 172 valence electrons. The molecule has 3 aliphatic rings. The predicted octanol–water partition coefficient (Wildman–Crippen LogP) is 5.54. The number of likely N-dealkylation sites (tertiary alicyclic amines) is 1. The number of hydrogen-bond donors (Lipinski definition) is 1. The summed E-state index contributed by atoms with van der Waals surface area (Å²) in [4.78, 5) is 15.5. The van der Waals surface area contributed by atoms with Crippen LogP contribution in [0, 0.1) is 11.8 Å². The minimum atomic E-state index is -2.60. The number of halogens is 2. The van der Waals surface area contributed by atoms with Crippen molar-refractivity contribution >= 4 is 5.91 Å². The summed E-state index contributed by atoms with van der Waals surface area (Å²) in [6, 6.07) is 11.2. The van der Waals surface area contributed by atoms with E-state index >= 15 is 0 Å². The summed E-state index contributed by atoms with van der Waals surface area (Å²) in [6.45, 7) is 5.05. The van der Waals surface area contributed by atoms with Crippen molar-refractivity contribution in [3.63, 3.8) is 0 Å². The van der Waals surface area contributed by atoms with Crippen LogP contribution in [0.1, 0.15) is 76.7 Å². The van der Waals surface area contributed by atoms with Gasteiger partial charge in [0.25, 0.3) is 0 Å². The van der Waals surface area contributed by atoms with Crippen LogP contribution in [0.3, 0.4) is 0 Å². The van der Waals surface area contributed by atoms with Gasteiger partial charge in [-0.25, -0.2) is 8.78 Å². The van der Waals surface area contributed by atoms with E-state index in [1.165, 1.54) is 44.2 Å². The number of alkyl halides is 2. The number of carbonyl (C=O) groups excluding carboxylic acids is 1. The van der Waals surface area contributed by atoms with Gasteiger partial charge in [-0.3, -0.25) is 4.79 Å². The van der Waals surface area contributed by atoms with Gasteiger partial charge in [0.2, 0.25) is 11.8 Å². The monoisotopic (exact) mass is 432 g/mol. The number of fused-ring (bicyclic) bond motifs is 1. The van der Waals surface area contributed by atoms with Crippen LogP contribution in [-0.4, -0.2) is 42.4 Å². The van der Waals surface area contributed by atoms with Crippen LogP contribution in [0.4, 0.5) is 8.78 Å². The summed E-state index contributed by atoms with van der Waals surface area (Å²) in [5, 5.41) is 3.15. The van der Waals surface area contributed by atoms with E-state index < -0.39 is 5.92 Å². The molecule has 0 spiro atoms. The summed E-state index contributed by atoms with van der Waals surface area (Å²) in [5.74, 6) is -2.04. The minimum Gasteiger partial charge on any atom is -0.355 e. The summed E-state index contributed by atoms with van der Waals surface area (Å²) < 4.78 is 26.9. The van der Waals surface area contributed by atoms with Crippen molar-refractivity contribution in [3.8, 4) is 0 Å². The van der Waals surface area contributed by atoms with Crippen molar-refractivity contribution in [2.75, 3.05) is 19.6 Å². The van der Waals surface area contributed by atoms with E-state index in [2.05, 4.69) is 41.4 Å². The van der Waals surface area contributed by atoms with E-state index in [0.29, 0.717) is 6.54 Å². The van der Waals surface area contributed by atoms with Gasteiger partial charge in [-0.1, -0.05) is 43.7 Å². The Bertz CT molecular complexity index is 730. The Labute approximate surface area is 186 Å². The number of nitrogens with zero attached hydrogens (tertiary/aromatic N) is 1. The number of benzene rings is 1. The second-order valence-corrected chi connectivity index (χ2v) is 10.5. The molecule has 1 amide bonds. The van der Waals surface area contributed by atoms with Gasteiger partial charge in [-0.2, -0.15) is 0 Å². The van der Waals surface area contributed by atoms with E-state index in [4.69, 9.17) is 0 Å². The van der Waals surface area contributed by atoms with Gasteiger partial charge >= 0.3 is 0 Å². The maximum absolute atomic E-state index is 13.5. The van der Waals surface area contributed by atoms with E-state index in [1.807, 2.05) is 6.07 Å². The number of hydrogen-bond acceptors (Lipinski definition) is 2. The molecule has 0 aromatic heterocycles. The second kappa shape index (κ2) is 9.56. The fraction of sp³-hybridized carbons (Fsp3) is 0.731. The van der Waals surface area contributed by atoms with Crippen molar-refractivity contribution < 1.29 is 13.6 Å². The molecule has 3 fully saturated rings. The standard InChI is InChI=1S/C26H38F2N2O/c1-25(22-8-3-2-4-9-22,16-18-30-17-6-5-7-20-10-11-23(20)30)19-29-24(31)21-12-14-26(27,28)15-13-21/h2-4,8-9,20-21,23H,5-7,10-19H2,1H3,(H,29,31)/t20-,23?,25?/m1/s1. The van der Waals surface area contributed by atoms with Crippen molar-refractivity contribution in [1.29, 1.82) is 0 Å². The van der Waals surface area contributed by atoms with Gasteiger partial charge in [0.1, 0.15) is 0 Å². The van der Waals surface area contributed by atoms with Crippen molar-refractivity contribution in [2.24, 2.45) is 11.8 Å². The maximum Gasteiger partial charge on any atom is 0.248 e. The lowest BCUT2D eigenvalue weighted by Crippen LogP contribution is -2.49. The van der Waals surface area contributed by atoms with Crippen LogP contribution < -0.4 is 5.32 Å². The highest BCUT2D eigenvalue weighted by Crippen LogP contribution is 2.39. The van der Waals surface area contributed by atoms with Crippen molar-refractivity contribution in [1.82, 2.24) is 10.2 Å². The minimum absolute atomic E-state index is 0.0496. The molecule has 2 aliphatic carbocycles. The van der Waals surface area contributed by atoms with E-state index in [0.717, 1.165) is 24.9 Å². The zero-order valence-electron chi connectivity index (χ0n) is 18.9. The highest BCUT2D eigenvalue weighted by atomic mass is 19.3. The zero-order valence-corrected chi connectivity index (χ0v) is 18.9. The smallest absolute Gasteiger partial charge is 0.248 e. The molecule has 2 saturated carbocycles. The molecule has 4 rings (SSSR count). The molecule has 3 nitrogen and oxygen atoms in total. The summed E-state index contributed by atoms with van der Waals surface area (Å²) in [5.41, 5.74) is 1.08. The normalized spacial score (nSPS) is 28.6. The molecule has 1 saturated heterocycles. The molecule has 3 atom stereocenters. The SMILES string of the molecule is CC(CCN1CCCC[C@@H]2CCC21)(CNC(=O)C1CCC(F)(F)CC1)c1ccccc1. The van der Waals surface area contributed by atoms with E-state index in [1.54, 1.807) is 0 Å². The number of nitrogens with one attached hydrogen (secondary N) is 1. The van der Waals surface area contributed by atoms with Crippen LogP contribution in [0.15, 0.2) is 30.3 Å². The highest BCUT2D eigenvalue weighted by Gasteiger charge is 2.39. The Morgan fingerprint density at radius 1 is 1.10 bits per heavy atom. The number of rotatable bonds is 7. The van der Waals surface area contributed by atoms with Gasteiger partial charge in [0, 0.05) is 36.8 Å². The lowest BCUT2D eigenvalue weighted by molar-refractivity contribution is -0.129. The fourth-order valence-corrected chi connectivity index (χ4v) is 5.83. The molecule has 1 aromatic rings. The van der Waals surface area contributed by atoms with Crippen LogP contribution in [0.5, 0.6) is 0 Å². The maximum atomic E-state index is 13.5. The molecular formula is C26H38F2N2O. The Balaban J connectivity index is 1.39. The average molecular weight is 433 g/mol. The number of amides is 1. The quantitative estimate of drug-likeness (QED) is 0.613. The zero-order chi connectivity index (χ0) is 21.9. The molecule has 1 heterocycles. The molecule has 2 unspecified atom stereocenters. The van der Waals surface area contributed by atoms with Gasteiger partial charge < -0.3 is 10.2 Å². The Morgan fingerprint density at radius 2 is 1.84 bits per heavy atom. The van der Waals surface area contributed by atoms with Crippen LogP contribution in [-0.2, 0) is 10.2 Å². The lowest BCUT2D eigenvalue weighted by atomic mass is 9.75. The van der Waals surface area contributed by atoms with E-state index in [9.17, 15) is 13.6 Å². The third-order valence-corrected chi connectivity index (χ3v) is 8.28. The fourth-order valence-electron chi connectivity index (χ4n) is 5.83. The highest BCUT2D eigenvalue weighted by molar-refractivity contribution is 5.78. The van der Waals surface area contributed by atoms with Gasteiger partial charge in [-0.15, -0.1) is 0 Å². The van der Waals surface area contributed by atoms with Gasteiger partial charge in [0.15, 0.2) is 0 Å². The summed E-state index contributed by atoms with van der Waals surface area (Å²) in [6.07, 6.45) is 7.97. The van der Waals surface area contributed by atoms with Crippen molar-refractivity contribution in [2.45, 2.75) is 88.5 Å². The first-order chi connectivity index (χ1) is 14.9. The van der Waals surface area contributed by atoms with Crippen molar-refractivity contribution in [3.05, 3.63) is 35.9 Å². The molecular weight excluding hydrogens is 394 g/mol. The molecule has 1 aliphatic heterocycles. The van der Waals surface area contributed by atoms with Crippen LogP contribution in [0.25, 0.3) is 0 Å². The Morgan fingerprint density at radius 3 is 2.52 bits per heavy atom. The van der Waals surface area contributed by atoms with Crippen LogP contribution in [0.2, 0.25) is 0 Å². The molecule has 1 N–H and O–H groups in total. The second-order valence-electron chi connectivity index (χ2n) is 10.5. The predicted molar refractivity (Wildman–Crippen MR) is 120 cm³/mol. The summed E-state index contributed by atoms with van der Waals surface area (Å²) in [7, 11) is 0. The Hall–Kier alpha value is -1.49. The first-order valence-corrected chi connectivity index (χ1v) is 12.3. The Kier molecular flexibility index (Phi) is 7.00. The van der Waals surface area contributed by atoms with E-state index in [-0.39, 0.29) is 42.9 Å². The lowest BCUT2D eigenvalue weighted by Gasteiger charge is -2.44. The van der Waals surface area contributed by atoms with Crippen LogP contribution >= 0.6 is 0 Å². The van der Waals surface area contributed by atoms with Gasteiger partial charge in [-0.05, 0) is 69.5 Å². The molecule has 31 heavy (non-hydrogen) atoms. The molecule has 1 aromatic carbocycles. The average Bonchev–Trinajstić information content (AvgIpc) is 2.88.